The van der Waals surface area contributed by atoms with E-state index in [1.807, 2.05) is 6.92 Å². The largest absolute Gasteiger partial charge is 0.391 e. The van der Waals surface area contributed by atoms with Crippen molar-refractivity contribution in [2.45, 2.75) is 59.0 Å². The van der Waals surface area contributed by atoms with Gasteiger partial charge in [-0.15, -0.1) is 0 Å². The molecule has 2 atom stereocenters. The standard InChI is InChI=1S/C13H23NO/c1-4-11(3)12(15)13(9-14)7-5-10(2)6-8-13/h10-12,15H,4-8H2,1-3H3. The Morgan fingerprint density at radius 1 is 1.47 bits per heavy atom. The summed E-state index contributed by atoms with van der Waals surface area (Å²) in [5, 5.41) is 19.6. The average molecular weight is 209 g/mol. The predicted molar refractivity (Wildman–Crippen MR) is 61.1 cm³/mol. The van der Waals surface area contributed by atoms with Crippen LogP contribution in [0.25, 0.3) is 0 Å². The molecule has 0 spiro atoms. The number of nitriles is 1. The molecule has 2 nitrogen and oxygen atoms in total. The SMILES string of the molecule is CCC(C)C(O)C1(C#N)CCC(C)CC1. The molecule has 0 heterocycles. The van der Waals surface area contributed by atoms with Crippen LogP contribution in [0, 0.1) is 28.6 Å². The Morgan fingerprint density at radius 2 is 2.00 bits per heavy atom. The number of hydrogen-bond donors (Lipinski definition) is 1. The van der Waals surface area contributed by atoms with Gasteiger partial charge in [0, 0.05) is 0 Å². The third-order valence-corrected chi connectivity index (χ3v) is 4.14. The zero-order chi connectivity index (χ0) is 11.5. The van der Waals surface area contributed by atoms with Crippen LogP contribution in [-0.4, -0.2) is 11.2 Å². The molecule has 86 valence electrons. The molecule has 0 aliphatic heterocycles. The summed E-state index contributed by atoms with van der Waals surface area (Å²) in [7, 11) is 0. The number of aliphatic hydroxyl groups is 1. The van der Waals surface area contributed by atoms with E-state index in [1.165, 1.54) is 0 Å². The van der Waals surface area contributed by atoms with E-state index in [0.29, 0.717) is 0 Å². The lowest BCUT2D eigenvalue weighted by molar-refractivity contribution is -0.00982. The fraction of sp³-hybridized carbons (Fsp3) is 0.923. The summed E-state index contributed by atoms with van der Waals surface area (Å²) in [4.78, 5) is 0. The molecule has 2 heteroatoms. The van der Waals surface area contributed by atoms with Crippen molar-refractivity contribution in [1.82, 2.24) is 0 Å². The Hall–Kier alpha value is -0.550. The summed E-state index contributed by atoms with van der Waals surface area (Å²) in [5.74, 6) is 0.952. The molecule has 1 fully saturated rings. The van der Waals surface area contributed by atoms with E-state index in [0.717, 1.165) is 38.0 Å². The van der Waals surface area contributed by atoms with E-state index < -0.39 is 11.5 Å². The second kappa shape index (κ2) is 4.99. The van der Waals surface area contributed by atoms with E-state index in [1.54, 1.807) is 0 Å². The van der Waals surface area contributed by atoms with Crippen molar-refractivity contribution in [2.75, 3.05) is 0 Å². The van der Waals surface area contributed by atoms with Crippen LogP contribution in [0.1, 0.15) is 52.9 Å². The Bertz CT molecular complexity index is 235. The highest BCUT2D eigenvalue weighted by Gasteiger charge is 2.42. The Labute approximate surface area is 93.3 Å². The molecule has 1 rings (SSSR count). The van der Waals surface area contributed by atoms with Gasteiger partial charge in [-0.3, -0.25) is 0 Å². The van der Waals surface area contributed by atoms with Crippen LogP contribution in [0.3, 0.4) is 0 Å². The average Bonchev–Trinajstić information content (AvgIpc) is 2.28. The molecule has 0 aromatic rings. The maximum Gasteiger partial charge on any atom is 0.0835 e. The zero-order valence-electron chi connectivity index (χ0n) is 10.2. The molecule has 0 amide bonds. The molecule has 0 aromatic carbocycles. The number of rotatable bonds is 3. The molecule has 15 heavy (non-hydrogen) atoms. The maximum absolute atomic E-state index is 10.3. The highest BCUT2D eigenvalue weighted by molar-refractivity contribution is 5.06. The van der Waals surface area contributed by atoms with Crippen LogP contribution < -0.4 is 0 Å². The van der Waals surface area contributed by atoms with Gasteiger partial charge in [-0.1, -0.05) is 27.2 Å². The summed E-state index contributed by atoms with van der Waals surface area (Å²) < 4.78 is 0. The Balaban J connectivity index is 2.73. The molecule has 0 bridgehead atoms. The van der Waals surface area contributed by atoms with Gasteiger partial charge in [0.05, 0.1) is 17.6 Å². The van der Waals surface area contributed by atoms with Crippen molar-refractivity contribution in [1.29, 1.82) is 5.26 Å². The zero-order valence-corrected chi connectivity index (χ0v) is 10.2. The van der Waals surface area contributed by atoms with Gasteiger partial charge in [0.2, 0.25) is 0 Å². The van der Waals surface area contributed by atoms with E-state index in [2.05, 4.69) is 19.9 Å². The second-order valence-electron chi connectivity index (χ2n) is 5.28. The van der Waals surface area contributed by atoms with Crippen LogP contribution in [0.2, 0.25) is 0 Å². The first-order chi connectivity index (χ1) is 7.05. The lowest BCUT2D eigenvalue weighted by Crippen LogP contribution is -2.41. The van der Waals surface area contributed by atoms with Crippen LogP contribution in [0.4, 0.5) is 0 Å². The molecule has 1 aliphatic carbocycles. The third kappa shape index (κ3) is 2.52. The summed E-state index contributed by atoms with van der Waals surface area (Å²) in [6.45, 7) is 6.35. The van der Waals surface area contributed by atoms with E-state index in [-0.39, 0.29) is 5.92 Å². The summed E-state index contributed by atoms with van der Waals surface area (Å²) in [5.41, 5.74) is -0.456. The molecule has 2 unspecified atom stereocenters. The minimum atomic E-state index is -0.456. The van der Waals surface area contributed by atoms with Crippen molar-refractivity contribution in [3.05, 3.63) is 0 Å². The van der Waals surface area contributed by atoms with Gasteiger partial charge in [-0.25, -0.2) is 0 Å². The summed E-state index contributed by atoms with van der Waals surface area (Å²) >= 11 is 0. The number of aliphatic hydroxyl groups excluding tert-OH is 1. The number of hydrogen-bond acceptors (Lipinski definition) is 2. The maximum atomic E-state index is 10.3. The molecule has 1 N–H and O–H groups in total. The van der Waals surface area contributed by atoms with Crippen LogP contribution in [0.5, 0.6) is 0 Å². The molecule has 0 radical (unpaired) electrons. The fourth-order valence-corrected chi connectivity index (χ4v) is 2.52. The smallest absolute Gasteiger partial charge is 0.0835 e. The second-order valence-corrected chi connectivity index (χ2v) is 5.28. The van der Waals surface area contributed by atoms with Crippen LogP contribution in [0.15, 0.2) is 0 Å². The summed E-state index contributed by atoms with van der Waals surface area (Å²) in [6.07, 6.45) is 4.41. The van der Waals surface area contributed by atoms with Gasteiger partial charge >= 0.3 is 0 Å². The highest BCUT2D eigenvalue weighted by atomic mass is 16.3. The molecule has 0 aromatic heterocycles. The molecule has 1 aliphatic rings. The third-order valence-electron chi connectivity index (χ3n) is 4.14. The highest BCUT2D eigenvalue weighted by Crippen LogP contribution is 2.43. The van der Waals surface area contributed by atoms with Gasteiger partial charge in [-0.05, 0) is 37.5 Å². The van der Waals surface area contributed by atoms with Gasteiger partial charge in [0.1, 0.15) is 0 Å². The van der Waals surface area contributed by atoms with Crippen molar-refractivity contribution in [2.24, 2.45) is 17.3 Å². The topological polar surface area (TPSA) is 44.0 Å². The van der Waals surface area contributed by atoms with Crippen LogP contribution in [-0.2, 0) is 0 Å². The lowest BCUT2D eigenvalue weighted by atomic mass is 9.66. The van der Waals surface area contributed by atoms with Gasteiger partial charge in [-0.2, -0.15) is 5.26 Å². The van der Waals surface area contributed by atoms with Gasteiger partial charge in [0.25, 0.3) is 0 Å². The summed E-state index contributed by atoms with van der Waals surface area (Å²) in [6, 6.07) is 2.40. The van der Waals surface area contributed by atoms with Crippen molar-refractivity contribution in [3.63, 3.8) is 0 Å². The molecule has 0 saturated heterocycles. The van der Waals surface area contributed by atoms with Gasteiger partial charge < -0.3 is 5.11 Å². The predicted octanol–water partition coefficient (Wildman–Crippen LogP) is 3.11. The lowest BCUT2D eigenvalue weighted by Gasteiger charge is -2.39. The van der Waals surface area contributed by atoms with Crippen LogP contribution >= 0.6 is 0 Å². The minimum Gasteiger partial charge on any atom is -0.391 e. The van der Waals surface area contributed by atoms with Crippen molar-refractivity contribution < 1.29 is 5.11 Å². The first-order valence-corrected chi connectivity index (χ1v) is 6.15. The van der Waals surface area contributed by atoms with E-state index in [4.69, 9.17) is 0 Å². The normalized spacial score (nSPS) is 35.5. The van der Waals surface area contributed by atoms with E-state index >= 15 is 0 Å². The minimum absolute atomic E-state index is 0.234. The molecular formula is C13H23NO. The molecular weight excluding hydrogens is 186 g/mol. The molecule has 1 saturated carbocycles. The Morgan fingerprint density at radius 3 is 2.40 bits per heavy atom. The number of nitrogens with zero attached hydrogens (tertiary/aromatic N) is 1. The monoisotopic (exact) mass is 209 g/mol. The first kappa shape index (κ1) is 12.5. The van der Waals surface area contributed by atoms with E-state index in [9.17, 15) is 10.4 Å². The first-order valence-electron chi connectivity index (χ1n) is 6.15. The quantitative estimate of drug-likeness (QED) is 0.776. The van der Waals surface area contributed by atoms with Gasteiger partial charge in [0.15, 0.2) is 0 Å². The van der Waals surface area contributed by atoms with Crippen molar-refractivity contribution >= 4 is 0 Å². The fourth-order valence-electron chi connectivity index (χ4n) is 2.52. The van der Waals surface area contributed by atoms with Crippen molar-refractivity contribution in [3.8, 4) is 6.07 Å². The Kier molecular flexibility index (Phi) is 4.16.